The van der Waals surface area contributed by atoms with E-state index in [9.17, 15) is 4.79 Å². The van der Waals surface area contributed by atoms with Crippen molar-refractivity contribution in [3.05, 3.63) is 65.2 Å². The molecular formula is C24H29ClN6OS. The van der Waals surface area contributed by atoms with Crippen LogP contribution in [0.15, 0.2) is 59.8 Å². The molecule has 0 bridgehead atoms. The highest BCUT2D eigenvalue weighted by Gasteiger charge is 2.24. The fraction of sp³-hybridized carbons (Fsp3) is 0.375. The molecule has 4 rings (SSSR count). The Bertz CT molecular complexity index is 1070. The third-order valence-corrected chi connectivity index (χ3v) is 6.98. The number of hydrogen-bond donors (Lipinski definition) is 1. The minimum Gasteiger partial charge on any atom is -0.353 e. The number of benzene rings is 2. The predicted octanol–water partition coefficient (Wildman–Crippen LogP) is 4.03. The molecule has 33 heavy (non-hydrogen) atoms. The lowest BCUT2D eigenvalue weighted by Crippen LogP contribution is -2.35. The maximum absolute atomic E-state index is 12.7. The summed E-state index contributed by atoms with van der Waals surface area (Å²) < 4.78 is 1.97. The standard InChI is InChI=1S/C24H29ClN6OS/c1-29(2)21(18-10-4-3-5-11-18)16-26-22(32)17-33-24-28-27-23(30-14-8-9-15-30)31(24)20-13-7-6-12-19(20)25/h3-7,10-13,21H,8-9,14-17H2,1-2H3,(H,26,32). The van der Waals surface area contributed by atoms with Crippen molar-refractivity contribution in [2.24, 2.45) is 0 Å². The van der Waals surface area contributed by atoms with Crippen LogP contribution in [0, 0.1) is 0 Å². The van der Waals surface area contributed by atoms with E-state index >= 15 is 0 Å². The molecule has 1 aromatic heterocycles. The van der Waals surface area contributed by atoms with Crippen LogP contribution < -0.4 is 10.2 Å². The summed E-state index contributed by atoms with van der Waals surface area (Å²) in [5, 5.41) is 13.2. The average molecular weight is 485 g/mol. The third-order valence-electron chi connectivity index (χ3n) is 5.73. The van der Waals surface area contributed by atoms with E-state index in [1.165, 1.54) is 17.3 Å². The molecule has 1 aliphatic rings. The quantitative estimate of drug-likeness (QED) is 0.462. The minimum absolute atomic E-state index is 0.0424. The first-order valence-electron chi connectivity index (χ1n) is 11.1. The van der Waals surface area contributed by atoms with Gasteiger partial charge in [0.15, 0.2) is 5.16 Å². The molecular weight excluding hydrogens is 456 g/mol. The maximum Gasteiger partial charge on any atom is 0.232 e. The summed E-state index contributed by atoms with van der Waals surface area (Å²) in [5.41, 5.74) is 2.00. The third kappa shape index (κ3) is 5.69. The van der Waals surface area contributed by atoms with E-state index in [2.05, 4.69) is 37.4 Å². The van der Waals surface area contributed by atoms with Crippen molar-refractivity contribution in [2.45, 2.75) is 24.0 Å². The summed E-state index contributed by atoms with van der Waals surface area (Å²) in [7, 11) is 4.04. The van der Waals surface area contributed by atoms with E-state index < -0.39 is 0 Å². The summed E-state index contributed by atoms with van der Waals surface area (Å²) in [4.78, 5) is 17.0. The van der Waals surface area contributed by atoms with Crippen LogP contribution in [0.3, 0.4) is 0 Å². The van der Waals surface area contributed by atoms with Crippen LogP contribution in [-0.4, -0.2) is 65.1 Å². The number of likely N-dealkylation sites (N-methyl/N-ethyl adjacent to an activating group) is 1. The summed E-state index contributed by atoms with van der Waals surface area (Å²) in [6, 6.07) is 18.0. The van der Waals surface area contributed by atoms with Gasteiger partial charge in [-0.2, -0.15) is 0 Å². The van der Waals surface area contributed by atoms with Gasteiger partial charge in [0.2, 0.25) is 11.9 Å². The number of carbonyl (C=O) groups excluding carboxylic acids is 1. The Kier molecular flexibility index (Phi) is 7.90. The Labute approximate surface area is 204 Å². The van der Waals surface area contributed by atoms with Gasteiger partial charge < -0.3 is 15.1 Å². The van der Waals surface area contributed by atoms with E-state index in [1.54, 1.807) is 0 Å². The molecule has 174 valence electrons. The van der Waals surface area contributed by atoms with Gasteiger partial charge >= 0.3 is 0 Å². The van der Waals surface area contributed by atoms with Gasteiger partial charge in [-0.1, -0.05) is 65.8 Å². The average Bonchev–Trinajstić information content (AvgIpc) is 3.48. The Morgan fingerprint density at radius 1 is 1.09 bits per heavy atom. The highest BCUT2D eigenvalue weighted by atomic mass is 35.5. The van der Waals surface area contributed by atoms with Crippen molar-refractivity contribution in [1.82, 2.24) is 25.0 Å². The zero-order chi connectivity index (χ0) is 23.2. The normalized spacial score (nSPS) is 14.6. The van der Waals surface area contributed by atoms with Crippen LogP contribution in [0.1, 0.15) is 24.4 Å². The molecule has 1 amide bonds. The second kappa shape index (κ2) is 11.0. The Morgan fingerprint density at radius 3 is 2.48 bits per heavy atom. The fourth-order valence-electron chi connectivity index (χ4n) is 3.99. The lowest BCUT2D eigenvalue weighted by molar-refractivity contribution is -0.118. The van der Waals surface area contributed by atoms with Crippen molar-refractivity contribution in [2.75, 3.05) is 44.4 Å². The number of halogens is 1. The first-order valence-corrected chi connectivity index (χ1v) is 12.5. The Hall–Kier alpha value is -2.55. The van der Waals surface area contributed by atoms with Gasteiger partial charge in [-0.3, -0.25) is 9.36 Å². The van der Waals surface area contributed by atoms with E-state index in [-0.39, 0.29) is 17.7 Å². The second-order valence-electron chi connectivity index (χ2n) is 8.25. The summed E-state index contributed by atoms with van der Waals surface area (Å²) >= 11 is 7.89. The number of carbonyl (C=O) groups is 1. The Balaban J connectivity index is 1.46. The monoisotopic (exact) mass is 484 g/mol. The largest absolute Gasteiger partial charge is 0.353 e. The molecule has 1 aliphatic heterocycles. The van der Waals surface area contributed by atoms with Gasteiger partial charge in [0.1, 0.15) is 0 Å². The minimum atomic E-state index is -0.0424. The molecule has 0 aliphatic carbocycles. The van der Waals surface area contributed by atoms with E-state index in [0.717, 1.165) is 37.6 Å². The number of aromatic nitrogens is 3. The van der Waals surface area contributed by atoms with Gasteiger partial charge in [-0.25, -0.2) is 0 Å². The number of amides is 1. The van der Waals surface area contributed by atoms with Gasteiger partial charge in [-0.05, 0) is 44.6 Å². The highest BCUT2D eigenvalue weighted by Crippen LogP contribution is 2.31. The molecule has 0 radical (unpaired) electrons. The number of thioether (sulfide) groups is 1. The van der Waals surface area contributed by atoms with Crippen LogP contribution in [-0.2, 0) is 4.79 Å². The molecule has 1 atom stereocenters. The Morgan fingerprint density at radius 2 is 1.79 bits per heavy atom. The van der Waals surface area contributed by atoms with E-state index in [4.69, 9.17) is 11.6 Å². The summed E-state index contributed by atoms with van der Waals surface area (Å²) in [6.45, 7) is 2.42. The molecule has 2 heterocycles. The van der Waals surface area contributed by atoms with Crippen LogP contribution in [0.2, 0.25) is 5.02 Å². The van der Waals surface area contributed by atoms with Crippen LogP contribution in [0.5, 0.6) is 0 Å². The van der Waals surface area contributed by atoms with Gasteiger partial charge in [0, 0.05) is 19.6 Å². The molecule has 3 aromatic rings. The lowest BCUT2D eigenvalue weighted by Gasteiger charge is -2.25. The van der Waals surface area contributed by atoms with Crippen molar-refractivity contribution < 1.29 is 4.79 Å². The molecule has 0 spiro atoms. The SMILES string of the molecule is CN(C)C(CNC(=O)CSc1nnc(N2CCCC2)n1-c1ccccc1Cl)c1ccccc1. The molecule has 1 N–H and O–H groups in total. The van der Waals surface area contributed by atoms with Crippen LogP contribution >= 0.6 is 23.4 Å². The van der Waals surface area contributed by atoms with Gasteiger partial charge in [-0.15, -0.1) is 10.2 Å². The van der Waals surface area contributed by atoms with E-state index in [0.29, 0.717) is 16.7 Å². The maximum atomic E-state index is 12.7. The van der Waals surface area contributed by atoms with Crippen LogP contribution in [0.25, 0.3) is 5.69 Å². The summed E-state index contributed by atoms with van der Waals surface area (Å²) in [6.07, 6.45) is 2.27. The van der Waals surface area contributed by atoms with Crippen molar-refractivity contribution in [3.8, 4) is 5.69 Å². The first-order chi connectivity index (χ1) is 16.0. The zero-order valence-electron chi connectivity index (χ0n) is 18.9. The number of hydrogen-bond acceptors (Lipinski definition) is 6. The van der Waals surface area contributed by atoms with Crippen LogP contribution in [0.4, 0.5) is 5.95 Å². The number of anilines is 1. The highest BCUT2D eigenvalue weighted by molar-refractivity contribution is 7.99. The molecule has 1 fully saturated rings. The van der Waals surface area contributed by atoms with Crippen molar-refractivity contribution in [1.29, 1.82) is 0 Å². The number of para-hydroxylation sites is 1. The first kappa shape index (κ1) is 23.6. The molecule has 9 heteroatoms. The molecule has 1 saturated heterocycles. The lowest BCUT2D eigenvalue weighted by atomic mass is 10.1. The predicted molar refractivity (Wildman–Crippen MR) is 134 cm³/mol. The summed E-state index contributed by atoms with van der Waals surface area (Å²) in [5.74, 6) is 0.983. The van der Waals surface area contributed by atoms with Crippen molar-refractivity contribution in [3.63, 3.8) is 0 Å². The second-order valence-corrected chi connectivity index (χ2v) is 9.60. The molecule has 7 nitrogen and oxygen atoms in total. The zero-order valence-corrected chi connectivity index (χ0v) is 20.5. The molecule has 2 aromatic carbocycles. The van der Waals surface area contributed by atoms with E-state index in [1.807, 2.05) is 61.1 Å². The smallest absolute Gasteiger partial charge is 0.232 e. The number of rotatable bonds is 9. The fourth-order valence-corrected chi connectivity index (χ4v) is 4.98. The number of nitrogens with one attached hydrogen (secondary N) is 1. The molecule has 1 unspecified atom stereocenters. The van der Waals surface area contributed by atoms with Gasteiger partial charge in [0.25, 0.3) is 0 Å². The van der Waals surface area contributed by atoms with Gasteiger partial charge in [0.05, 0.1) is 22.5 Å². The van der Waals surface area contributed by atoms with Crippen molar-refractivity contribution >= 4 is 35.2 Å². The molecule has 0 saturated carbocycles. The number of nitrogens with zero attached hydrogens (tertiary/aromatic N) is 5. The topological polar surface area (TPSA) is 66.3 Å².